The average molecular weight is 325 g/mol. The summed E-state index contributed by atoms with van der Waals surface area (Å²) in [7, 11) is -1.65. The van der Waals surface area contributed by atoms with Crippen molar-refractivity contribution in [1.29, 1.82) is 0 Å². The van der Waals surface area contributed by atoms with Crippen LogP contribution in [0.2, 0.25) is 0 Å². The molecule has 20 heavy (non-hydrogen) atoms. The van der Waals surface area contributed by atoms with Crippen LogP contribution in [0.1, 0.15) is 0 Å². The van der Waals surface area contributed by atoms with E-state index in [4.69, 9.17) is 4.74 Å². The van der Waals surface area contributed by atoms with E-state index in [0.717, 1.165) is 11.5 Å². The highest BCUT2D eigenvalue weighted by atomic mass is 32.2. The molecule has 9 heteroatoms. The van der Waals surface area contributed by atoms with E-state index < -0.39 is 10.0 Å². The number of hydrogen-bond donors (Lipinski definition) is 2. The highest BCUT2D eigenvalue weighted by Crippen LogP contribution is 2.12. The molecule has 0 aliphatic carbocycles. The monoisotopic (exact) mass is 325 g/mol. The minimum absolute atomic E-state index is 0.0402. The highest BCUT2D eigenvalue weighted by molar-refractivity contribution is 7.99. The van der Waals surface area contributed by atoms with E-state index in [2.05, 4.69) is 10.6 Å². The van der Waals surface area contributed by atoms with Crippen molar-refractivity contribution in [3.8, 4) is 0 Å². The molecule has 1 aliphatic heterocycles. The van der Waals surface area contributed by atoms with Gasteiger partial charge in [-0.25, -0.2) is 12.7 Å². The van der Waals surface area contributed by atoms with Gasteiger partial charge in [-0.15, -0.1) is 0 Å². The zero-order valence-corrected chi connectivity index (χ0v) is 13.4. The van der Waals surface area contributed by atoms with Crippen molar-refractivity contribution >= 4 is 27.7 Å². The number of nitrogens with one attached hydrogen (secondary N) is 2. The molecule has 1 aliphatic rings. The van der Waals surface area contributed by atoms with Crippen LogP contribution >= 0.6 is 11.8 Å². The van der Waals surface area contributed by atoms with Gasteiger partial charge in [0.05, 0.1) is 18.9 Å². The first-order valence-corrected chi connectivity index (χ1v) is 9.34. The molecule has 0 radical (unpaired) electrons. The zero-order chi connectivity index (χ0) is 14.8. The number of sulfonamides is 1. The minimum Gasteiger partial charge on any atom is -0.383 e. The third kappa shape index (κ3) is 6.89. The summed E-state index contributed by atoms with van der Waals surface area (Å²) in [5.74, 6) is 1.44. The number of carbonyl (C=O) groups is 1. The van der Waals surface area contributed by atoms with Crippen molar-refractivity contribution in [1.82, 2.24) is 14.9 Å². The van der Waals surface area contributed by atoms with Crippen molar-refractivity contribution in [2.24, 2.45) is 0 Å². The van der Waals surface area contributed by atoms with Crippen LogP contribution < -0.4 is 10.6 Å². The molecule has 0 aromatic carbocycles. The lowest BCUT2D eigenvalue weighted by Gasteiger charge is -2.25. The van der Waals surface area contributed by atoms with Gasteiger partial charge >= 0.3 is 0 Å². The third-order valence-electron chi connectivity index (χ3n) is 2.81. The fourth-order valence-corrected chi connectivity index (χ4v) is 4.20. The Balaban J connectivity index is 2.17. The molecule has 0 spiro atoms. The topological polar surface area (TPSA) is 87.7 Å². The van der Waals surface area contributed by atoms with Gasteiger partial charge in [0.25, 0.3) is 0 Å². The van der Waals surface area contributed by atoms with Gasteiger partial charge in [-0.3, -0.25) is 4.79 Å². The molecule has 1 amide bonds. The Morgan fingerprint density at radius 2 is 2.00 bits per heavy atom. The summed E-state index contributed by atoms with van der Waals surface area (Å²) in [5.41, 5.74) is 0. The Hall–Kier alpha value is -0.350. The molecule has 0 bridgehead atoms. The van der Waals surface area contributed by atoms with E-state index in [1.165, 1.54) is 4.31 Å². The molecule has 118 valence electrons. The molecule has 1 saturated heterocycles. The van der Waals surface area contributed by atoms with Gasteiger partial charge in [0, 0.05) is 44.8 Å². The summed E-state index contributed by atoms with van der Waals surface area (Å²) in [6, 6.07) is 0. The fourth-order valence-electron chi connectivity index (χ4n) is 1.71. The van der Waals surface area contributed by atoms with Gasteiger partial charge in [0.15, 0.2) is 0 Å². The average Bonchev–Trinajstić information content (AvgIpc) is 2.44. The first-order valence-electron chi connectivity index (χ1n) is 6.58. The van der Waals surface area contributed by atoms with Crippen molar-refractivity contribution in [3.05, 3.63) is 0 Å². The van der Waals surface area contributed by atoms with Crippen molar-refractivity contribution < 1.29 is 17.9 Å². The predicted molar refractivity (Wildman–Crippen MR) is 80.4 cm³/mol. The Bertz CT molecular complexity index is 383. The number of carbonyl (C=O) groups excluding carboxylic acids is 1. The summed E-state index contributed by atoms with van der Waals surface area (Å²) in [6.45, 7) is 2.59. The molecule has 1 heterocycles. The van der Waals surface area contributed by atoms with E-state index in [9.17, 15) is 13.2 Å². The quantitative estimate of drug-likeness (QED) is 0.513. The first-order chi connectivity index (χ1) is 9.56. The standard InChI is InChI=1S/C11H23N3O4S2/c1-18-6-2-12-10-11(15)13-3-9-20(16,17)14-4-7-19-8-5-14/h12H,2-10H2,1H3,(H,13,15). The van der Waals surface area contributed by atoms with Gasteiger partial charge in [-0.2, -0.15) is 11.8 Å². The maximum absolute atomic E-state index is 12.0. The van der Waals surface area contributed by atoms with Crippen LogP contribution in [-0.2, 0) is 19.6 Å². The normalized spacial score (nSPS) is 17.1. The molecule has 0 aromatic heterocycles. The first kappa shape index (κ1) is 17.7. The number of nitrogens with zero attached hydrogens (tertiary/aromatic N) is 1. The fraction of sp³-hybridized carbons (Fsp3) is 0.909. The molecule has 0 saturated carbocycles. The van der Waals surface area contributed by atoms with Gasteiger partial charge < -0.3 is 15.4 Å². The van der Waals surface area contributed by atoms with E-state index in [-0.39, 0.29) is 24.7 Å². The van der Waals surface area contributed by atoms with Gasteiger partial charge in [0.2, 0.25) is 15.9 Å². The van der Waals surface area contributed by atoms with E-state index in [1.54, 1.807) is 18.9 Å². The predicted octanol–water partition coefficient (Wildman–Crippen LogP) is -1.28. The Labute approximate surface area is 124 Å². The highest BCUT2D eigenvalue weighted by Gasteiger charge is 2.23. The number of hydrogen-bond acceptors (Lipinski definition) is 6. The van der Waals surface area contributed by atoms with E-state index in [1.807, 2.05) is 0 Å². The lowest BCUT2D eigenvalue weighted by molar-refractivity contribution is -0.120. The molecule has 7 nitrogen and oxygen atoms in total. The second-order valence-corrected chi connectivity index (χ2v) is 7.66. The van der Waals surface area contributed by atoms with Crippen LogP contribution in [0, 0.1) is 0 Å². The molecule has 1 rings (SSSR count). The Kier molecular flexibility index (Phi) is 8.46. The van der Waals surface area contributed by atoms with Crippen molar-refractivity contribution in [2.45, 2.75) is 0 Å². The molecule has 0 unspecified atom stereocenters. The van der Waals surface area contributed by atoms with Crippen molar-refractivity contribution in [2.75, 3.05) is 63.7 Å². The maximum Gasteiger partial charge on any atom is 0.233 e. The number of amides is 1. The Morgan fingerprint density at radius 1 is 1.30 bits per heavy atom. The largest absolute Gasteiger partial charge is 0.383 e. The SMILES string of the molecule is COCCNCC(=O)NCCS(=O)(=O)N1CCSCC1. The van der Waals surface area contributed by atoms with Crippen LogP contribution in [0.4, 0.5) is 0 Å². The molecular weight excluding hydrogens is 302 g/mol. The van der Waals surface area contributed by atoms with Gasteiger partial charge in [-0.1, -0.05) is 0 Å². The molecule has 1 fully saturated rings. The van der Waals surface area contributed by atoms with E-state index >= 15 is 0 Å². The number of thioether (sulfide) groups is 1. The molecule has 0 aromatic rings. The van der Waals surface area contributed by atoms with Gasteiger partial charge in [-0.05, 0) is 0 Å². The van der Waals surface area contributed by atoms with Gasteiger partial charge in [0.1, 0.15) is 0 Å². The lowest BCUT2D eigenvalue weighted by atomic mass is 10.5. The second-order valence-electron chi connectivity index (χ2n) is 4.35. The molecule has 0 atom stereocenters. The van der Waals surface area contributed by atoms with Crippen LogP contribution in [-0.4, -0.2) is 82.3 Å². The van der Waals surface area contributed by atoms with Crippen LogP contribution in [0.25, 0.3) is 0 Å². The van der Waals surface area contributed by atoms with E-state index in [0.29, 0.717) is 26.2 Å². The maximum atomic E-state index is 12.0. The third-order valence-corrected chi connectivity index (χ3v) is 5.63. The number of rotatable bonds is 9. The van der Waals surface area contributed by atoms with Crippen LogP contribution in [0.3, 0.4) is 0 Å². The summed E-state index contributed by atoms with van der Waals surface area (Å²) in [6.07, 6.45) is 0. The van der Waals surface area contributed by atoms with Crippen LogP contribution in [0.5, 0.6) is 0 Å². The van der Waals surface area contributed by atoms with Crippen molar-refractivity contribution in [3.63, 3.8) is 0 Å². The van der Waals surface area contributed by atoms with Crippen LogP contribution in [0.15, 0.2) is 0 Å². The smallest absolute Gasteiger partial charge is 0.233 e. The molecule has 2 N–H and O–H groups in total. The molecular formula is C11H23N3O4S2. The Morgan fingerprint density at radius 3 is 2.65 bits per heavy atom. The summed E-state index contributed by atoms with van der Waals surface area (Å²) >= 11 is 1.76. The summed E-state index contributed by atoms with van der Waals surface area (Å²) < 4.78 is 30.3. The summed E-state index contributed by atoms with van der Waals surface area (Å²) in [4.78, 5) is 11.4. The number of ether oxygens (including phenoxy) is 1. The number of methoxy groups -OCH3 is 1. The summed E-state index contributed by atoms with van der Waals surface area (Å²) in [5, 5.41) is 5.50. The minimum atomic E-state index is -3.24. The zero-order valence-electron chi connectivity index (χ0n) is 11.8. The lowest BCUT2D eigenvalue weighted by Crippen LogP contribution is -2.43. The second kappa shape index (κ2) is 9.56.